The van der Waals surface area contributed by atoms with E-state index in [1.54, 1.807) is 7.11 Å². The van der Waals surface area contributed by atoms with E-state index in [9.17, 15) is 0 Å². The first kappa shape index (κ1) is 17.0. The summed E-state index contributed by atoms with van der Waals surface area (Å²) in [5.41, 5.74) is 1.31. The highest BCUT2D eigenvalue weighted by molar-refractivity contribution is 4.92. The molecule has 1 heteroatoms. The Bertz CT molecular complexity index is 61.3. The van der Waals surface area contributed by atoms with Crippen LogP contribution in [0.1, 0.15) is 41.5 Å². The molecule has 0 N–H and O–H groups in total. The summed E-state index contributed by atoms with van der Waals surface area (Å²) in [6.45, 7) is 12.8. The quantitative estimate of drug-likeness (QED) is 0.560. The van der Waals surface area contributed by atoms with E-state index in [0.29, 0.717) is 0 Å². The number of hydrogen-bond acceptors (Lipinski definition) is 1. The van der Waals surface area contributed by atoms with E-state index in [0.717, 1.165) is 6.61 Å². The maximum absolute atomic E-state index is 4.78. The second kappa shape index (κ2) is 22.6. The molecule has 1 nitrogen and oxygen atoms in total. The van der Waals surface area contributed by atoms with Crippen molar-refractivity contribution in [2.24, 2.45) is 0 Å². The van der Waals surface area contributed by atoms with Crippen LogP contribution < -0.4 is 0 Å². The monoisotopic (exact) mass is 160 g/mol. The van der Waals surface area contributed by atoms with Crippen molar-refractivity contribution in [3.8, 4) is 0 Å². The third-order valence-electron chi connectivity index (χ3n) is 0.658. The second-order valence-corrected chi connectivity index (χ2v) is 1.74. The third-order valence-corrected chi connectivity index (χ3v) is 0.658. The lowest BCUT2D eigenvalue weighted by Crippen LogP contribution is -1.80. The molecule has 0 aliphatic rings. The van der Waals surface area contributed by atoms with Gasteiger partial charge in [0.25, 0.3) is 0 Å². The van der Waals surface area contributed by atoms with Crippen molar-refractivity contribution >= 4 is 0 Å². The average molecular weight is 160 g/mol. The second-order valence-electron chi connectivity index (χ2n) is 1.74. The lowest BCUT2D eigenvalue weighted by molar-refractivity contribution is 0.233. The fraction of sp³-hybridized carbons (Fsp3) is 0.800. The Balaban J connectivity index is -0.000000138. The number of rotatable bonds is 2. The molecule has 0 bridgehead atoms. The molecule has 0 aromatic rings. The lowest BCUT2D eigenvalue weighted by Gasteiger charge is -1.87. The van der Waals surface area contributed by atoms with Crippen LogP contribution in [0.15, 0.2) is 11.6 Å². The number of hydrogen-bond donors (Lipinski definition) is 0. The number of methoxy groups -OCH3 is 1. The van der Waals surface area contributed by atoms with E-state index in [4.69, 9.17) is 4.74 Å². The molecule has 11 heavy (non-hydrogen) atoms. The highest BCUT2D eigenvalue weighted by Gasteiger charge is 1.72. The predicted molar refractivity (Wildman–Crippen MR) is 54.0 cm³/mol. The Morgan fingerprint density at radius 3 is 1.55 bits per heavy atom. The highest BCUT2D eigenvalue weighted by atomic mass is 16.5. The molecular formula is C10H24O. The van der Waals surface area contributed by atoms with Crippen LogP contribution in [0.4, 0.5) is 0 Å². The first-order chi connectivity index (χ1) is 5.27. The minimum Gasteiger partial charge on any atom is -0.381 e. The summed E-state index contributed by atoms with van der Waals surface area (Å²) in [5, 5.41) is 0. The van der Waals surface area contributed by atoms with Crippen molar-refractivity contribution in [2.45, 2.75) is 41.5 Å². The van der Waals surface area contributed by atoms with Crippen LogP contribution in [-0.4, -0.2) is 13.7 Å². The number of allylic oxidation sites excluding steroid dienone is 1. The maximum Gasteiger partial charge on any atom is 0.0646 e. The van der Waals surface area contributed by atoms with Gasteiger partial charge in [-0.15, -0.1) is 0 Å². The minimum absolute atomic E-state index is 0.738. The molecule has 0 fully saturated rings. The maximum atomic E-state index is 4.78. The van der Waals surface area contributed by atoms with E-state index in [1.807, 2.05) is 33.8 Å². The van der Waals surface area contributed by atoms with Gasteiger partial charge in [-0.2, -0.15) is 0 Å². The molecule has 0 unspecified atom stereocenters. The summed E-state index contributed by atoms with van der Waals surface area (Å²) in [5.74, 6) is 0. The fourth-order valence-electron chi connectivity index (χ4n) is 0.250. The SMILES string of the molecule is CC.CC.COCC=C(C)C. The molecule has 0 aromatic carbocycles. The zero-order valence-electron chi connectivity index (χ0n) is 9.19. The minimum atomic E-state index is 0.738. The van der Waals surface area contributed by atoms with E-state index < -0.39 is 0 Å². The van der Waals surface area contributed by atoms with E-state index in [-0.39, 0.29) is 0 Å². The van der Waals surface area contributed by atoms with Crippen LogP contribution in [0.5, 0.6) is 0 Å². The summed E-state index contributed by atoms with van der Waals surface area (Å²) < 4.78 is 4.78. The summed E-state index contributed by atoms with van der Waals surface area (Å²) in [4.78, 5) is 0. The van der Waals surface area contributed by atoms with E-state index in [2.05, 4.69) is 13.8 Å². The number of ether oxygens (including phenoxy) is 1. The van der Waals surface area contributed by atoms with Crippen molar-refractivity contribution < 1.29 is 4.74 Å². The zero-order chi connectivity index (χ0) is 9.70. The Labute approximate surface area is 72.5 Å². The van der Waals surface area contributed by atoms with Crippen molar-refractivity contribution in [1.29, 1.82) is 0 Å². The molecule has 0 aliphatic carbocycles. The Morgan fingerprint density at radius 2 is 1.45 bits per heavy atom. The predicted octanol–water partition coefficient (Wildman–Crippen LogP) is 3.65. The van der Waals surface area contributed by atoms with Gasteiger partial charge in [-0.1, -0.05) is 39.3 Å². The van der Waals surface area contributed by atoms with Crippen LogP contribution in [0.3, 0.4) is 0 Å². The first-order valence-electron chi connectivity index (χ1n) is 4.39. The largest absolute Gasteiger partial charge is 0.381 e. The van der Waals surface area contributed by atoms with Gasteiger partial charge in [0, 0.05) is 7.11 Å². The van der Waals surface area contributed by atoms with E-state index >= 15 is 0 Å². The summed E-state index contributed by atoms with van der Waals surface area (Å²) >= 11 is 0. The van der Waals surface area contributed by atoms with Crippen molar-refractivity contribution in [3.05, 3.63) is 11.6 Å². The topological polar surface area (TPSA) is 9.23 Å². The summed E-state index contributed by atoms with van der Waals surface area (Å²) in [6.07, 6.45) is 2.04. The van der Waals surface area contributed by atoms with Crippen molar-refractivity contribution in [1.82, 2.24) is 0 Å². The van der Waals surface area contributed by atoms with Gasteiger partial charge >= 0.3 is 0 Å². The molecule has 0 radical (unpaired) electrons. The van der Waals surface area contributed by atoms with Gasteiger partial charge in [0.05, 0.1) is 6.61 Å². The highest BCUT2D eigenvalue weighted by Crippen LogP contribution is 1.85. The molecular weight excluding hydrogens is 136 g/mol. The average Bonchev–Trinajstić information content (AvgIpc) is 2.08. The molecule has 0 atom stereocenters. The van der Waals surface area contributed by atoms with Crippen LogP contribution in [0.25, 0.3) is 0 Å². The summed E-state index contributed by atoms with van der Waals surface area (Å²) in [6, 6.07) is 0. The van der Waals surface area contributed by atoms with Gasteiger partial charge in [-0.05, 0) is 13.8 Å². The lowest BCUT2D eigenvalue weighted by atomic mass is 10.3. The molecule has 0 amide bonds. The molecule has 0 spiro atoms. The Hall–Kier alpha value is -0.300. The van der Waals surface area contributed by atoms with Gasteiger partial charge in [0.1, 0.15) is 0 Å². The van der Waals surface area contributed by atoms with Gasteiger partial charge < -0.3 is 4.74 Å². The normalized spacial score (nSPS) is 6.45. The van der Waals surface area contributed by atoms with Crippen LogP contribution in [0, 0.1) is 0 Å². The van der Waals surface area contributed by atoms with Crippen LogP contribution in [-0.2, 0) is 4.74 Å². The van der Waals surface area contributed by atoms with Gasteiger partial charge in [-0.25, -0.2) is 0 Å². The zero-order valence-corrected chi connectivity index (χ0v) is 9.19. The van der Waals surface area contributed by atoms with Gasteiger partial charge in [0.15, 0.2) is 0 Å². The molecule has 0 rings (SSSR count). The first-order valence-corrected chi connectivity index (χ1v) is 4.39. The van der Waals surface area contributed by atoms with Gasteiger partial charge in [-0.3, -0.25) is 0 Å². The molecule has 0 aromatic heterocycles. The molecule has 0 saturated heterocycles. The van der Waals surface area contributed by atoms with Crippen molar-refractivity contribution in [2.75, 3.05) is 13.7 Å². The Morgan fingerprint density at radius 1 is 1.09 bits per heavy atom. The fourth-order valence-corrected chi connectivity index (χ4v) is 0.250. The standard InChI is InChI=1S/C6H12O.2C2H6/c1-6(2)4-5-7-3;2*1-2/h4H,5H2,1-3H3;2*1-2H3. The Kier molecular flexibility index (Phi) is 34.9. The van der Waals surface area contributed by atoms with Crippen LogP contribution >= 0.6 is 0 Å². The smallest absolute Gasteiger partial charge is 0.0646 e. The van der Waals surface area contributed by atoms with Crippen LogP contribution in [0.2, 0.25) is 0 Å². The molecule has 70 valence electrons. The molecule has 0 saturated carbocycles. The molecule has 0 aliphatic heterocycles. The summed E-state index contributed by atoms with van der Waals surface area (Å²) in [7, 11) is 1.69. The van der Waals surface area contributed by atoms with Crippen molar-refractivity contribution in [3.63, 3.8) is 0 Å². The molecule has 0 heterocycles. The third kappa shape index (κ3) is 42.0. The van der Waals surface area contributed by atoms with E-state index in [1.165, 1.54) is 5.57 Å². The van der Waals surface area contributed by atoms with Gasteiger partial charge in [0.2, 0.25) is 0 Å².